The second-order valence-electron chi connectivity index (χ2n) is 8.23. The number of hydrogen-bond acceptors (Lipinski definition) is 9. The zero-order chi connectivity index (χ0) is 26.4. The zero-order valence-corrected chi connectivity index (χ0v) is 20.4. The van der Waals surface area contributed by atoms with Crippen LogP contribution >= 0.6 is 0 Å². The molecule has 2 aromatic carbocycles. The number of phenolic OH excluding ortho intramolecular Hbond substituents is 2. The van der Waals surface area contributed by atoms with Crippen LogP contribution in [0.4, 0.5) is 0 Å². The molecule has 0 amide bonds. The van der Waals surface area contributed by atoms with E-state index in [-0.39, 0.29) is 47.3 Å². The van der Waals surface area contributed by atoms with Gasteiger partial charge in [-0.15, -0.1) is 0 Å². The average molecular weight is 497 g/mol. The molecular weight excluding hydrogens is 468 g/mol. The predicted molar refractivity (Wildman–Crippen MR) is 132 cm³/mol. The highest BCUT2D eigenvalue weighted by Crippen LogP contribution is 2.40. The molecule has 0 spiro atoms. The van der Waals surface area contributed by atoms with E-state index in [1.807, 2.05) is 0 Å². The third-order valence-corrected chi connectivity index (χ3v) is 5.30. The van der Waals surface area contributed by atoms with Gasteiger partial charge in [-0.05, 0) is 43.5 Å². The van der Waals surface area contributed by atoms with Crippen LogP contribution < -0.4 is 14.9 Å². The fraction of sp³-hybridized carbons (Fsp3) is 0.333. The molecule has 0 aliphatic rings. The summed E-state index contributed by atoms with van der Waals surface area (Å²) >= 11 is 0. The van der Waals surface area contributed by atoms with Gasteiger partial charge in [0.2, 0.25) is 11.2 Å². The van der Waals surface area contributed by atoms with Gasteiger partial charge >= 0.3 is 11.9 Å². The van der Waals surface area contributed by atoms with Gasteiger partial charge < -0.3 is 24.1 Å². The Morgan fingerprint density at radius 1 is 0.833 bits per heavy atom. The number of fused-ring (bicyclic) bond motifs is 1. The number of hydrogen-bond donors (Lipinski definition) is 2. The lowest BCUT2D eigenvalue weighted by Crippen LogP contribution is -2.18. The summed E-state index contributed by atoms with van der Waals surface area (Å²) in [5.41, 5.74) is -1.04. The normalized spacial score (nSPS) is 10.9. The summed E-state index contributed by atoms with van der Waals surface area (Å²) < 4.78 is 16.8. The van der Waals surface area contributed by atoms with Crippen LogP contribution in [-0.4, -0.2) is 27.9 Å². The van der Waals surface area contributed by atoms with Crippen molar-refractivity contribution in [3.63, 3.8) is 0 Å². The van der Waals surface area contributed by atoms with Crippen molar-refractivity contribution in [2.75, 3.05) is 0 Å². The van der Waals surface area contributed by atoms with Crippen molar-refractivity contribution < 1.29 is 38.5 Å². The lowest BCUT2D eigenvalue weighted by atomic mass is 10.0. The monoisotopic (exact) mass is 496 g/mol. The molecule has 190 valence electrons. The Morgan fingerprint density at radius 3 is 1.94 bits per heavy atom. The molecule has 0 unspecified atom stereocenters. The van der Waals surface area contributed by atoms with E-state index in [2.05, 4.69) is 0 Å². The number of aromatic hydroxyl groups is 2. The van der Waals surface area contributed by atoms with Gasteiger partial charge in [-0.25, -0.2) is 0 Å². The smallest absolute Gasteiger partial charge is 0.311 e. The molecule has 1 aromatic heterocycles. The molecule has 3 rings (SSSR count). The first-order valence-corrected chi connectivity index (χ1v) is 11.8. The Hall–Kier alpha value is -4.14. The van der Waals surface area contributed by atoms with E-state index >= 15 is 0 Å². The maximum Gasteiger partial charge on any atom is 0.311 e. The molecule has 1 heterocycles. The Kier molecular flexibility index (Phi) is 8.47. The van der Waals surface area contributed by atoms with Crippen molar-refractivity contribution in [1.29, 1.82) is 0 Å². The van der Waals surface area contributed by atoms with Crippen LogP contribution in [0.3, 0.4) is 0 Å². The van der Waals surface area contributed by atoms with E-state index in [1.165, 1.54) is 24.3 Å². The number of carbonyl (C=O) groups is 3. The van der Waals surface area contributed by atoms with E-state index in [4.69, 9.17) is 13.9 Å². The molecule has 9 heteroatoms. The van der Waals surface area contributed by atoms with Crippen LogP contribution in [0.15, 0.2) is 39.5 Å². The maximum atomic E-state index is 13.8. The molecule has 0 bridgehead atoms. The molecule has 0 atom stereocenters. The van der Waals surface area contributed by atoms with Crippen LogP contribution in [0, 0.1) is 0 Å². The molecule has 0 saturated carbocycles. The number of ketones is 1. The first kappa shape index (κ1) is 26.5. The number of phenols is 2. The van der Waals surface area contributed by atoms with Crippen molar-refractivity contribution in [2.45, 2.75) is 59.3 Å². The number of carbonyl (C=O) groups excluding carboxylic acids is 3. The molecule has 9 nitrogen and oxygen atoms in total. The Balaban J connectivity index is 2.41. The van der Waals surface area contributed by atoms with Gasteiger partial charge in [-0.1, -0.05) is 20.8 Å². The summed E-state index contributed by atoms with van der Waals surface area (Å²) in [5.74, 6) is -3.49. The summed E-state index contributed by atoms with van der Waals surface area (Å²) in [6.45, 7) is 5.29. The Morgan fingerprint density at radius 2 is 1.39 bits per heavy atom. The maximum absolute atomic E-state index is 13.8. The van der Waals surface area contributed by atoms with Gasteiger partial charge in [-0.2, -0.15) is 0 Å². The van der Waals surface area contributed by atoms with E-state index in [0.29, 0.717) is 24.8 Å². The minimum atomic E-state index is -0.853. The minimum Gasteiger partial charge on any atom is -0.508 e. The minimum absolute atomic E-state index is 0.00776. The predicted octanol–water partition coefficient (Wildman–Crippen LogP) is 5.27. The fourth-order valence-corrected chi connectivity index (χ4v) is 3.65. The standard InChI is InChI=1S/C27H28O9/c1-4-7-17(29)22-18(30)14-19-23(26(22)35-20(31)8-5-2)24(33)27(36-21(32)9-6-3)25(34-19)15-10-12-16(28)13-11-15/h10-14,28,30H,4-9H2,1-3H3. The second-order valence-corrected chi connectivity index (χ2v) is 8.23. The summed E-state index contributed by atoms with van der Waals surface area (Å²) in [6, 6.07) is 6.73. The van der Waals surface area contributed by atoms with E-state index in [1.54, 1.807) is 20.8 Å². The molecule has 0 aliphatic heterocycles. The van der Waals surface area contributed by atoms with Gasteiger partial charge in [0.15, 0.2) is 17.3 Å². The van der Waals surface area contributed by atoms with Crippen LogP contribution in [0.2, 0.25) is 0 Å². The largest absolute Gasteiger partial charge is 0.508 e. The molecule has 0 fully saturated rings. The Labute approximate surface area is 207 Å². The zero-order valence-electron chi connectivity index (χ0n) is 20.4. The van der Waals surface area contributed by atoms with E-state index in [9.17, 15) is 29.4 Å². The third kappa shape index (κ3) is 5.56. The number of rotatable bonds is 10. The van der Waals surface area contributed by atoms with Crippen LogP contribution in [0.1, 0.15) is 69.7 Å². The van der Waals surface area contributed by atoms with Gasteiger partial charge in [0.05, 0.1) is 0 Å². The van der Waals surface area contributed by atoms with Gasteiger partial charge in [0.1, 0.15) is 28.0 Å². The fourth-order valence-electron chi connectivity index (χ4n) is 3.65. The molecule has 0 radical (unpaired) electrons. The highest BCUT2D eigenvalue weighted by atomic mass is 16.5. The highest BCUT2D eigenvalue weighted by Gasteiger charge is 2.29. The molecule has 3 aromatic rings. The van der Waals surface area contributed by atoms with Gasteiger partial charge in [-0.3, -0.25) is 19.2 Å². The van der Waals surface area contributed by atoms with Crippen molar-refractivity contribution in [3.05, 3.63) is 46.1 Å². The summed E-state index contributed by atoms with van der Waals surface area (Å²) in [6.07, 6.45) is 1.44. The van der Waals surface area contributed by atoms with Crippen LogP contribution in [-0.2, 0) is 9.59 Å². The number of esters is 2. The lowest BCUT2D eigenvalue weighted by Gasteiger charge is -2.16. The molecule has 36 heavy (non-hydrogen) atoms. The molecule has 2 N–H and O–H groups in total. The number of benzene rings is 2. The molecular formula is C27H28O9. The van der Waals surface area contributed by atoms with Crippen molar-refractivity contribution >= 4 is 28.7 Å². The molecule has 0 saturated heterocycles. The van der Waals surface area contributed by atoms with Crippen molar-refractivity contribution in [1.82, 2.24) is 0 Å². The topological polar surface area (TPSA) is 140 Å². The number of ether oxygens (including phenoxy) is 2. The SMILES string of the molecule is CCCC(=O)Oc1c(-c2ccc(O)cc2)oc2cc(O)c(C(=O)CCC)c(OC(=O)CCC)c2c1=O. The average Bonchev–Trinajstić information content (AvgIpc) is 2.81. The summed E-state index contributed by atoms with van der Waals surface area (Å²) in [5, 5.41) is 20.1. The Bertz CT molecular complexity index is 1350. The summed E-state index contributed by atoms with van der Waals surface area (Å²) in [7, 11) is 0. The number of Topliss-reactive ketones (excluding diaryl/α,β-unsaturated/α-hetero) is 1. The first-order valence-electron chi connectivity index (χ1n) is 11.8. The van der Waals surface area contributed by atoms with Crippen molar-refractivity contribution in [3.8, 4) is 34.3 Å². The molecule has 0 aliphatic carbocycles. The third-order valence-electron chi connectivity index (χ3n) is 5.30. The van der Waals surface area contributed by atoms with E-state index < -0.39 is 40.4 Å². The van der Waals surface area contributed by atoms with E-state index in [0.717, 1.165) is 6.07 Å². The highest BCUT2D eigenvalue weighted by molar-refractivity contribution is 6.08. The van der Waals surface area contributed by atoms with Gasteiger partial charge in [0, 0.05) is 30.9 Å². The van der Waals surface area contributed by atoms with Crippen LogP contribution in [0.5, 0.6) is 23.0 Å². The second kappa shape index (κ2) is 11.5. The lowest BCUT2D eigenvalue weighted by molar-refractivity contribution is -0.135. The van der Waals surface area contributed by atoms with Gasteiger partial charge in [0.25, 0.3) is 0 Å². The quantitative estimate of drug-likeness (QED) is 0.218. The van der Waals surface area contributed by atoms with Crippen LogP contribution in [0.25, 0.3) is 22.3 Å². The first-order chi connectivity index (χ1) is 17.2. The van der Waals surface area contributed by atoms with Crippen molar-refractivity contribution in [2.24, 2.45) is 0 Å². The summed E-state index contributed by atoms with van der Waals surface area (Å²) in [4.78, 5) is 51.4.